The molecule has 0 saturated carbocycles. The second-order valence-corrected chi connectivity index (χ2v) is 8.92. The van der Waals surface area contributed by atoms with Crippen molar-refractivity contribution in [1.82, 2.24) is 14.5 Å². The molecule has 3 heterocycles. The molecule has 0 bridgehead atoms. The van der Waals surface area contributed by atoms with Gasteiger partial charge in [0.1, 0.15) is 4.70 Å². The molecule has 1 aliphatic rings. The molecule has 1 saturated heterocycles. The van der Waals surface area contributed by atoms with E-state index in [4.69, 9.17) is 0 Å². The molecular formula is C21H23N5O2S2. The van der Waals surface area contributed by atoms with Crippen molar-refractivity contribution < 1.29 is 4.79 Å². The van der Waals surface area contributed by atoms with Crippen molar-refractivity contribution in [3.63, 3.8) is 0 Å². The van der Waals surface area contributed by atoms with E-state index in [-0.39, 0.29) is 17.2 Å². The van der Waals surface area contributed by atoms with Crippen molar-refractivity contribution in [2.24, 2.45) is 0 Å². The molecule has 1 aromatic carbocycles. The second kappa shape index (κ2) is 9.44. The number of piperidine rings is 1. The number of carbonyl (C=O) groups excluding carboxylic acids is 1. The molecule has 0 unspecified atom stereocenters. The normalized spacial score (nSPS) is 14.1. The van der Waals surface area contributed by atoms with Crippen LogP contribution in [0.25, 0.3) is 10.3 Å². The summed E-state index contributed by atoms with van der Waals surface area (Å²) < 4.78 is 2.11. The minimum absolute atomic E-state index is 0.133. The number of hydrogen-bond donors (Lipinski definition) is 1. The number of rotatable bonds is 7. The standard InChI is InChI=1S/C21H23N5O2S2/c1-2-11-26-19(28)17-18(23-20(30-17)25-12-7-4-8-13-25)24-21(26)29-14-16(27)22-15-9-5-3-6-10-15/h2-3,5-6,9-10H,1,4,7-8,11-14H2,(H,22,27). The zero-order valence-electron chi connectivity index (χ0n) is 16.5. The number of thiazole rings is 1. The third kappa shape index (κ3) is 4.57. The summed E-state index contributed by atoms with van der Waals surface area (Å²) in [5.74, 6) is -0.00871. The van der Waals surface area contributed by atoms with Crippen LogP contribution >= 0.6 is 23.1 Å². The molecule has 0 atom stereocenters. The van der Waals surface area contributed by atoms with E-state index < -0.39 is 0 Å². The zero-order valence-corrected chi connectivity index (χ0v) is 18.2. The number of hydrogen-bond acceptors (Lipinski definition) is 7. The lowest BCUT2D eigenvalue weighted by Crippen LogP contribution is -2.29. The molecule has 30 heavy (non-hydrogen) atoms. The Kier molecular flexibility index (Phi) is 6.49. The van der Waals surface area contributed by atoms with Crippen LogP contribution in [-0.2, 0) is 11.3 Å². The predicted molar refractivity (Wildman–Crippen MR) is 124 cm³/mol. The highest BCUT2D eigenvalue weighted by atomic mass is 32.2. The van der Waals surface area contributed by atoms with Gasteiger partial charge in [0.15, 0.2) is 15.9 Å². The third-order valence-corrected chi connectivity index (χ3v) is 6.87. The average Bonchev–Trinajstić information content (AvgIpc) is 3.20. The van der Waals surface area contributed by atoms with Crippen LogP contribution in [0.3, 0.4) is 0 Å². The van der Waals surface area contributed by atoms with Crippen LogP contribution in [0, 0.1) is 0 Å². The molecule has 156 valence electrons. The van der Waals surface area contributed by atoms with E-state index in [1.54, 1.807) is 10.6 Å². The topological polar surface area (TPSA) is 80.1 Å². The first-order valence-electron chi connectivity index (χ1n) is 9.90. The molecule has 1 amide bonds. The summed E-state index contributed by atoms with van der Waals surface area (Å²) in [6.07, 6.45) is 5.18. The minimum atomic E-state index is -0.155. The number of thioether (sulfide) groups is 1. The number of nitrogens with one attached hydrogen (secondary N) is 1. The highest BCUT2D eigenvalue weighted by molar-refractivity contribution is 7.99. The number of amides is 1. The molecule has 0 aliphatic carbocycles. The number of benzene rings is 1. The molecule has 1 N–H and O–H groups in total. The molecule has 2 aromatic heterocycles. The highest BCUT2D eigenvalue weighted by Gasteiger charge is 2.20. The average molecular weight is 442 g/mol. The molecule has 3 aromatic rings. The van der Waals surface area contributed by atoms with Gasteiger partial charge in [-0.15, -0.1) is 6.58 Å². The highest BCUT2D eigenvalue weighted by Crippen LogP contribution is 2.29. The van der Waals surface area contributed by atoms with Crippen molar-refractivity contribution in [3.05, 3.63) is 53.3 Å². The summed E-state index contributed by atoms with van der Waals surface area (Å²) in [6.45, 7) is 6.01. The first-order valence-corrected chi connectivity index (χ1v) is 11.7. The molecule has 7 nitrogen and oxygen atoms in total. The van der Waals surface area contributed by atoms with Gasteiger partial charge < -0.3 is 10.2 Å². The predicted octanol–water partition coefficient (Wildman–Crippen LogP) is 3.76. The number of para-hydroxylation sites is 1. The summed E-state index contributed by atoms with van der Waals surface area (Å²) >= 11 is 2.63. The lowest BCUT2D eigenvalue weighted by Gasteiger charge is -2.25. The van der Waals surface area contributed by atoms with Gasteiger partial charge in [0, 0.05) is 25.3 Å². The van der Waals surface area contributed by atoms with E-state index in [1.807, 2.05) is 30.3 Å². The molecule has 9 heteroatoms. The Hall–Kier alpha value is -2.65. The molecular weight excluding hydrogens is 418 g/mol. The van der Waals surface area contributed by atoms with Gasteiger partial charge in [0.2, 0.25) is 5.91 Å². The molecule has 1 fully saturated rings. The molecule has 4 rings (SSSR count). The van der Waals surface area contributed by atoms with Gasteiger partial charge in [0.05, 0.1) is 5.75 Å². The summed E-state index contributed by atoms with van der Waals surface area (Å²) in [7, 11) is 0. The van der Waals surface area contributed by atoms with Gasteiger partial charge >= 0.3 is 0 Å². The molecule has 1 aliphatic heterocycles. The van der Waals surface area contributed by atoms with Crippen LogP contribution in [0.5, 0.6) is 0 Å². The second-order valence-electron chi connectivity index (χ2n) is 7.00. The quantitative estimate of drug-likeness (QED) is 0.342. The van der Waals surface area contributed by atoms with E-state index in [1.165, 1.54) is 29.5 Å². The van der Waals surface area contributed by atoms with E-state index in [0.717, 1.165) is 36.8 Å². The molecule has 0 radical (unpaired) electrons. The Balaban J connectivity index is 1.57. The summed E-state index contributed by atoms with van der Waals surface area (Å²) in [4.78, 5) is 36.9. The van der Waals surface area contributed by atoms with Crippen LogP contribution in [-0.4, -0.2) is 39.3 Å². The number of nitrogens with zero attached hydrogens (tertiary/aromatic N) is 4. The number of allylic oxidation sites excluding steroid dienone is 1. The van der Waals surface area contributed by atoms with Crippen molar-refractivity contribution in [2.75, 3.05) is 29.1 Å². The van der Waals surface area contributed by atoms with Gasteiger partial charge in [-0.25, -0.2) is 4.98 Å². The number of carbonyl (C=O) groups is 1. The van der Waals surface area contributed by atoms with Gasteiger partial charge in [-0.1, -0.05) is 47.4 Å². The van der Waals surface area contributed by atoms with Gasteiger partial charge in [-0.3, -0.25) is 14.2 Å². The maximum atomic E-state index is 13.1. The number of aromatic nitrogens is 3. The summed E-state index contributed by atoms with van der Waals surface area (Å²) in [5, 5.41) is 4.18. The van der Waals surface area contributed by atoms with Crippen molar-refractivity contribution in [3.8, 4) is 0 Å². The fourth-order valence-electron chi connectivity index (χ4n) is 3.35. The van der Waals surface area contributed by atoms with E-state index in [2.05, 4.69) is 26.8 Å². The van der Waals surface area contributed by atoms with Gasteiger partial charge in [-0.05, 0) is 31.4 Å². The van der Waals surface area contributed by atoms with E-state index in [0.29, 0.717) is 22.0 Å². The Morgan fingerprint density at radius 3 is 2.70 bits per heavy atom. The largest absolute Gasteiger partial charge is 0.348 e. The maximum Gasteiger partial charge on any atom is 0.274 e. The summed E-state index contributed by atoms with van der Waals surface area (Å²) in [6, 6.07) is 9.28. The van der Waals surface area contributed by atoms with Crippen LogP contribution in [0.15, 0.2) is 52.9 Å². The zero-order chi connectivity index (χ0) is 20.9. The fourth-order valence-corrected chi connectivity index (χ4v) is 5.15. The Morgan fingerprint density at radius 2 is 1.97 bits per heavy atom. The number of anilines is 2. The third-order valence-electron chi connectivity index (χ3n) is 4.80. The van der Waals surface area contributed by atoms with Gasteiger partial charge in [0.25, 0.3) is 5.56 Å². The van der Waals surface area contributed by atoms with Crippen molar-refractivity contribution in [1.29, 1.82) is 0 Å². The van der Waals surface area contributed by atoms with E-state index in [9.17, 15) is 9.59 Å². The maximum absolute atomic E-state index is 13.1. The SMILES string of the molecule is C=CCn1c(SCC(=O)Nc2ccccc2)nc2nc(N3CCCCC3)sc2c1=O. The number of fused-ring (bicyclic) bond motifs is 1. The van der Waals surface area contributed by atoms with Crippen molar-refractivity contribution >= 4 is 50.2 Å². The first kappa shape index (κ1) is 20.6. The lowest BCUT2D eigenvalue weighted by atomic mass is 10.1. The van der Waals surface area contributed by atoms with E-state index >= 15 is 0 Å². The molecule has 0 spiro atoms. The van der Waals surface area contributed by atoms with Crippen molar-refractivity contribution in [2.45, 2.75) is 31.0 Å². The van der Waals surface area contributed by atoms with Crippen LogP contribution in [0.4, 0.5) is 10.8 Å². The minimum Gasteiger partial charge on any atom is -0.348 e. The van der Waals surface area contributed by atoms with Crippen LogP contribution < -0.4 is 15.8 Å². The van der Waals surface area contributed by atoms with Crippen LogP contribution in [0.1, 0.15) is 19.3 Å². The van der Waals surface area contributed by atoms with Crippen LogP contribution in [0.2, 0.25) is 0 Å². The Morgan fingerprint density at radius 1 is 1.20 bits per heavy atom. The Bertz CT molecular complexity index is 1100. The first-order chi connectivity index (χ1) is 14.7. The fraction of sp³-hybridized carbons (Fsp3) is 0.333. The Labute approximate surface area is 182 Å². The monoisotopic (exact) mass is 441 g/mol. The summed E-state index contributed by atoms with van der Waals surface area (Å²) in [5.41, 5.74) is 1.06. The van der Waals surface area contributed by atoms with Gasteiger partial charge in [-0.2, -0.15) is 4.98 Å². The smallest absolute Gasteiger partial charge is 0.274 e. The lowest BCUT2D eigenvalue weighted by molar-refractivity contribution is -0.113.